The van der Waals surface area contributed by atoms with Gasteiger partial charge in [0.25, 0.3) is 5.91 Å². The molecule has 40 heavy (non-hydrogen) atoms. The molecule has 0 atom stereocenters. The van der Waals surface area contributed by atoms with E-state index in [4.69, 9.17) is 25.1 Å². The van der Waals surface area contributed by atoms with Crippen LogP contribution >= 0.6 is 0 Å². The number of amides is 1. The van der Waals surface area contributed by atoms with Gasteiger partial charge in [-0.05, 0) is 76.2 Å². The van der Waals surface area contributed by atoms with Gasteiger partial charge in [0.05, 0.1) is 0 Å². The predicted octanol–water partition coefficient (Wildman–Crippen LogP) is 4.37. The molecule has 0 radical (unpaired) electrons. The molecule has 4 heterocycles. The molecule has 3 N–H and O–H groups in total. The number of carbonyl (C=O) groups is 2. The lowest BCUT2D eigenvalue weighted by atomic mass is 9.71. The van der Waals surface area contributed by atoms with Gasteiger partial charge in [-0.25, -0.2) is 9.78 Å². The molecule has 1 amide bonds. The minimum atomic E-state index is -5.08. The number of pyridine rings is 1. The third-order valence-electron chi connectivity index (χ3n) is 7.70. The number of hydrogen-bond donors (Lipinski definition) is 2. The molecule has 1 spiro atoms. The van der Waals surface area contributed by atoms with Crippen LogP contribution in [0.3, 0.4) is 0 Å². The van der Waals surface area contributed by atoms with Gasteiger partial charge in [0.1, 0.15) is 18.0 Å². The fraction of sp³-hybridized carbons (Fsp3) is 0.536. The number of piperidine rings is 2. The topological polar surface area (TPSA) is 118 Å². The number of alkyl halides is 3. The van der Waals surface area contributed by atoms with Crippen molar-refractivity contribution in [1.29, 1.82) is 0 Å². The Labute approximate surface area is 231 Å². The number of likely N-dealkylation sites (tertiary alicyclic amines) is 2. The maximum absolute atomic E-state index is 12.8. The van der Waals surface area contributed by atoms with Crippen LogP contribution in [0.4, 0.5) is 19.0 Å². The van der Waals surface area contributed by atoms with Gasteiger partial charge in [-0.1, -0.05) is 12.1 Å². The number of para-hydroxylation sites is 1. The Morgan fingerprint density at radius 2 is 1.70 bits per heavy atom. The van der Waals surface area contributed by atoms with Crippen molar-refractivity contribution in [3.8, 4) is 11.5 Å². The van der Waals surface area contributed by atoms with Crippen LogP contribution < -0.4 is 15.2 Å². The highest BCUT2D eigenvalue weighted by molar-refractivity contribution is 5.94. The molecular weight excluding hydrogens is 529 g/mol. The Balaban J connectivity index is 0.000000470. The average molecular weight is 565 g/mol. The van der Waals surface area contributed by atoms with Crippen LogP contribution in [-0.4, -0.2) is 76.3 Å². The lowest BCUT2D eigenvalue weighted by molar-refractivity contribution is -0.192. The normalized spacial score (nSPS) is 19.9. The molecule has 218 valence electrons. The zero-order chi connectivity index (χ0) is 29.1. The Morgan fingerprint density at radius 3 is 2.30 bits per heavy atom. The summed E-state index contributed by atoms with van der Waals surface area (Å²) in [6.07, 6.45) is 1.01. The maximum atomic E-state index is 12.8. The Kier molecular flexibility index (Phi) is 8.48. The first kappa shape index (κ1) is 29.4. The first-order chi connectivity index (χ1) is 18.8. The number of benzene rings is 1. The smallest absolute Gasteiger partial charge is 0.485 e. The number of nitrogens with zero attached hydrogens (tertiary/aromatic N) is 3. The fourth-order valence-corrected chi connectivity index (χ4v) is 5.38. The molecule has 0 saturated carbocycles. The van der Waals surface area contributed by atoms with E-state index in [-0.39, 0.29) is 11.5 Å². The van der Waals surface area contributed by atoms with Crippen LogP contribution in [0.15, 0.2) is 36.5 Å². The highest BCUT2D eigenvalue weighted by atomic mass is 19.4. The number of aliphatic carboxylic acids is 1. The van der Waals surface area contributed by atoms with Crippen molar-refractivity contribution in [3.63, 3.8) is 0 Å². The quantitative estimate of drug-likeness (QED) is 0.565. The average Bonchev–Trinajstić information content (AvgIpc) is 2.89. The van der Waals surface area contributed by atoms with E-state index in [2.05, 4.69) is 35.9 Å². The lowest BCUT2D eigenvalue weighted by Crippen LogP contribution is -2.48. The summed E-state index contributed by atoms with van der Waals surface area (Å²) in [5.74, 6) is -0.545. The molecule has 1 aromatic heterocycles. The zero-order valence-corrected chi connectivity index (χ0v) is 22.7. The van der Waals surface area contributed by atoms with Crippen molar-refractivity contribution in [2.75, 3.05) is 38.5 Å². The summed E-state index contributed by atoms with van der Waals surface area (Å²) in [4.78, 5) is 30.2. The number of ether oxygens (including phenoxy) is 2. The number of hydrogen-bond acceptors (Lipinski definition) is 7. The second kappa shape index (κ2) is 11.5. The summed E-state index contributed by atoms with van der Waals surface area (Å²) in [5, 5.41) is 7.12. The lowest BCUT2D eigenvalue weighted by Gasteiger charge is -2.47. The van der Waals surface area contributed by atoms with Gasteiger partial charge in [-0.3, -0.25) is 9.69 Å². The highest BCUT2D eigenvalue weighted by Crippen LogP contribution is 2.43. The summed E-state index contributed by atoms with van der Waals surface area (Å²) in [6, 6.07) is 9.64. The summed E-state index contributed by atoms with van der Waals surface area (Å²) >= 11 is 0. The predicted molar refractivity (Wildman–Crippen MR) is 141 cm³/mol. The summed E-state index contributed by atoms with van der Waals surface area (Å²) in [5.41, 5.74) is 7.66. The number of nitrogens with two attached hydrogens (primary N) is 1. The molecule has 3 aliphatic heterocycles. The number of halogens is 3. The molecule has 0 unspecified atom stereocenters. The van der Waals surface area contributed by atoms with E-state index in [1.165, 1.54) is 18.4 Å². The molecule has 1 aromatic carbocycles. The summed E-state index contributed by atoms with van der Waals surface area (Å²) in [7, 11) is 0. The van der Waals surface area contributed by atoms with Gasteiger partial charge in [-0.2, -0.15) is 13.2 Å². The van der Waals surface area contributed by atoms with E-state index >= 15 is 0 Å². The molecule has 2 aromatic rings. The SMILES string of the molecule is CC1(C)COc2c(CN3CCC4(CC3)CCN(C(=O)c3ccnc(N)c3)CC4)cccc2O1.O=C(O)C(F)(F)F. The standard InChI is InChI=1S/C26H34N4O3.C2HF3O2/c1-25(2)18-32-23-20(4-3-5-21(23)33-25)17-29-12-7-26(8-13-29)9-14-30(15-10-26)24(31)19-6-11-28-22(27)16-19;3-2(4,5)1(6)7/h3-6,11,16H,7-10,12-15,17-18H2,1-2H3,(H2,27,28);(H,6,7). The minimum absolute atomic E-state index is 0.0654. The fourth-order valence-electron chi connectivity index (χ4n) is 5.38. The van der Waals surface area contributed by atoms with E-state index in [0.29, 0.717) is 23.4 Å². The largest absolute Gasteiger partial charge is 0.490 e. The van der Waals surface area contributed by atoms with Gasteiger partial charge >= 0.3 is 12.1 Å². The monoisotopic (exact) mass is 564 g/mol. The van der Waals surface area contributed by atoms with Gasteiger partial charge < -0.3 is 25.2 Å². The van der Waals surface area contributed by atoms with E-state index < -0.39 is 12.1 Å². The number of fused-ring (bicyclic) bond motifs is 1. The second-order valence-electron chi connectivity index (χ2n) is 11.2. The van der Waals surface area contributed by atoms with Crippen LogP contribution in [0.5, 0.6) is 11.5 Å². The van der Waals surface area contributed by atoms with Crippen molar-refractivity contribution in [3.05, 3.63) is 47.7 Å². The molecule has 12 heteroatoms. The number of rotatable bonds is 3. The van der Waals surface area contributed by atoms with Crippen LogP contribution in [0, 0.1) is 5.41 Å². The zero-order valence-electron chi connectivity index (χ0n) is 22.7. The Hall–Kier alpha value is -3.54. The van der Waals surface area contributed by atoms with Crippen molar-refractivity contribution in [2.45, 2.75) is 57.9 Å². The molecule has 2 fully saturated rings. The van der Waals surface area contributed by atoms with E-state index in [0.717, 1.165) is 57.1 Å². The first-order valence-corrected chi connectivity index (χ1v) is 13.2. The number of carbonyl (C=O) groups excluding carboxylic acids is 1. The molecule has 0 bridgehead atoms. The third kappa shape index (κ3) is 7.15. The number of aromatic nitrogens is 1. The summed E-state index contributed by atoms with van der Waals surface area (Å²) < 4.78 is 44.0. The molecule has 0 aliphatic carbocycles. The number of carboxylic acids is 1. The van der Waals surface area contributed by atoms with Gasteiger partial charge in [0, 0.05) is 37.0 Å². The van der Waals surface area contributed by atoms with Crippen LogP contribution in [0.25, 0.3) is 0 Å². The van der Waals surface area contributed by atoms with Gasteiger partial charge in [-0.15, -0.1) is 0 Å². The van der Waals surface area contributed by atoms with E-state index in [9.17, 15) is 18.0 Å². The van der Waals surface area contributed by atoms with E-state index in [1.54, 1.807) is 18.3 Å². The molecule has 9 nitrogen and oxygen atoms in total. The molecule has 5 rings (SSSR count). The van der Waals surface area contributed by atoms with Crippen LogP contribution in [0.1, 0.15) is 55.5 Å². The van der Waals surface area contributed by atoms with Crippen molar-refractivity contribution in [2.24, 2.45) is 5.41 Å². The van der Waals surface area contributed by atoms with Crippen LogP contribution in [-0.2, 0) is 11.3 Å². The van der Waals surface area contributed by atoms with Gasteiger partial charge in [0.2, 0.25) is 0 Å². The number of carboxylic acid groups (broad SMARTS) is 1. The number of nitrogen functional groups attached to an aromatic ring is 1. The van der Waals surface area contributed by atoms with Crippen molar-refractivity contribution >= 4 is 17.7 Å². The van der Waals surface area contributed by atoms with Crippen molar-refractivity contribution in [1.82, 2.24) is 14.8 Å². The second-order valence-corrected chi connectivity index (χ2v) is 11.2. The maximum Gasteiger partial charge on any atom is 0.490 e. The Bertz CT molecular complexity index is 1220. The minimum Gasteiger partial charge on any atom is -0.485 e. The summed E-state index contributed by atoms with van der Waals surface area (Å²) in [6.45, 7) is 9.34. The first-order valence-electron chi connectivity index (χ1n) is 13.2. The third-order valence-corrected chi connectivity index (χ3v) is 7.70. The molecular formula is C28H35F3N4O5. The molecule has 3 aliphatic rings. The van der Waals surface area contributed by atoms with Crippen molar-refractivity contribution < 1.29 is 37.3 Å². The Morgan fingerprint density at radius 1 is 1.07 bits per heavy atom. The number of anilines is 1. The van der Waals surface area contributed by atoms with E-state index in [1.807, 2.05) is 11.0 Å². The van der Waals surface area contributed by atoms with Crippen LogP contribution in [0.2, 0.25) is 0 Å². The molecule has 2 saturated heterocycles. The van der Waals surface area contributed by atoms with Gasteiger partial charge in [0.15, 0.2) is 11.5 Å². The highest BCUT2D eigenvalue weighted by Gasteiger charge is 2.39.